The van der Waals surface area contributed by atoms with Crippen LogP contribution in [0.3, 0.4) is 0 Å². The van der Waals surface area contributed by atoms with Gasteiger partial charge in [-0.3, -0.25) is 9.59 Å². The van der Waals surface area contributed by atoms with E-state index in [9.17, 15) is 18.4 Å². The second-order valence-corrected chi connectivity index (χ2v) is 2.73. The zero-order valence-corrected chi connectivity index (χ0v) is 7.81. The van der Waals surface area contributed by atoms with E-state index in [2.05, 4.69) is 20.7 Å². The van der Waals surface area contributed by atoms with E-state index in [0.29, 0.717) is 0 Å². The zero-order valence-electron chi connectivity index (χ0n) is 6.22. The molecule has 0 rings (SSSR count). The van der Waals surface area contributed by atoms with Gasteiger partial charge in [-0.1, -0.05) is 15.9 Å². The van der Waals surface area contributed by atoms with Gasteiger partial charge in [-0.2, -0.15) is 0 Å². The summed E-state index contributed by atoms with van der Waals surface area (Å²) in [5, 5.41) is 0. The van der Waals surface area contributed by atoms with Crippen LogP contribution in [-0.4, -0.2) is 29.6 Å². The number of esters is 1. The Kier molecular flexibility index (Phi) is 4.96. The van der Waals surface area contributed by atoms with Crippen LogP contribution in [0.25, 0.3) is 0 Å². The number of carbonyl (C=O) groups is 2. The molecule has 6 heteroatoms. The van der Waals surface area contributed by atoms with Crippen molar-refractivity contribution < 1.29 is 23.1 Å². The molecule has 70 valence electrons. The first-order chi connectivity index (χ1) is 5.50. The lowest BCUT2D eigenvalue weighted by atomic mass is 10.3. The Morgan fingerprint density at radius 3 is 2.33 bits per heavy atom. The molecule has 0 aliphatic carbocycles. The molecule has 1 atom stereocenters. The summed E-state index contributed by atoms with van der Waals surface area (Å²) in [6, 6.07) is 0. The van der Waals surface area contributed by atoms with Gasteiger partial charge in [0.05, 0.1) is 6.61 Å². The summed E-state index contributed by atoms with van der Waals surface area (Å²) in [6.45, 7) is 1.57. The Morgan fingerprint density at radius 1 is 1.50 bits per heavy atom. The van der Waals surface area contributed by atoms with Crippen molar-refractivity contribution in [2.75, 3.05) is 6.61 Å². The Labute approximate surface area is 76.2 Å². The molecule has 0 heterocycles. The van der Waals surface area contributed by atoms with Gasteiger partial charge in [0, 0.05) is 0 Å². The van der Waals surface area contributed by atoms with E-state index >= 15 is 0 Å². The monoisotopic (exact) mass is 244 g/mol. The van der Waals surface area contributed by atoms with Crippen molar-refractivity contribution in [3.05, 3.63) is 0 Å². The fraction of sp³-hybridized carbons (Fsp3) is 0.667. The number of Topliss-reactive ketones (excluding diaryl/α,β-unsaturated/α-hetero) is 1. The molecule has 0 aromatic rings. The van der Waals surface area contributed by atoms with Crippen LogP contribution in [0, 0.1) is 0 Å². The van der Waals surface area contributed by atoms with Crippen LogP contribution >= 0.6 is 15.9 Å². The molecule has 12 heavy (non-hydrogen) atoms. The standard InChI is InChI=1S/C6H7BrF2O3/c1-2-12-6(11)3(7)4(10)5(8)9/h3,5H,2H2,1H3/t3-/m0/s1. The lowest BCUT2D eigenvalue weighted by Crippen LogP contribution is -2.30. The van der Waals surface area contributed by atoms with Gasteiger partial charge < -0.3 is 4.74 Å². The number of alkyl halides is 3. The van der Waals surface area contributed by atoms with Gasteiger partial charge in [0.1, 0.15) is 0 Å². The van der Waals surface area contributed by atoms with Gasteiger partial charge in [-0.15, -0.1) is 0 Å². The molecule has 0 aromatic carbocycles. The Bertz CT molecular complexity index is 184. The van der Waals surface area contributed by atoms with Gasteiger partial charge in [-0.05, 0) is 6.92 Å². The third-order valence-electron chi connectivity index (χ3n) is 0.958. The minimum atomic E-state index is -3.15. The van der Waals surface area contributed by atoms with Gasteiger partial charge in [0.25, 0.3) is 6.43 Å². The van der Waals surface area contributed by atoms with Crippen LogP contribution in [0.5, 0.6) is 0 Å². The van der Waals surface area contributed by atoms with Crippen LogP contribution in [0.4, 0.5) is 8.78 Å². The van der Waals surface area contributed by atoms with Gasteiger partial charge in [-0.25, -0.2) is 8.78 Å². The van der Waals surface area contributed by atoms with E-state index in [0.717, 1.165) is 0 Å². The quantitative estimate of drug-likeness (QED) is 0.424. The molecule has 0 radical (unpaired) electrons. The smallest absolute Gasteiger partial charge is 0.327 e. The summed E-state index contributed by atoms with van der Waals surface area (Å²) in [7, 11) is 0. The highest BCUT2D eigenvalue weighted by molar-refractivity contribution is 9.10. The first-order valence-electron chi connectivity index (χ1n) is 3.13. The van der Waals surface area contributed by atoms with Crippen molar-refractivity contribution in [1.29, 1.82) is 0 Å². The van der Waals surface area contributed by atoms with Crippen molar-refractivity contribution in [2.45, 2.75) is 18.2 Å². The summed E-state index contributed by atoms with van der Waals surface area (Å²) >= 11 is 2.51. The van der Waals surface area contributed by atoms with Crippen LogP contribution in [0.15, 0.2) is 0 Å². The molecule has 0 spiro atoms. The fourth-order valence-corrected chi connectivity index (χ4v) is 0.774. The van der Waals surface area contributed by atoms with E-state index < -0.39 is 23.0 Å². The number of rotatable bonds is 4. The first kappa shape index (κ1) is 11.5. The molecular weight excluding hydrogens is 238 g/mol. The van der Waals surface area contributed by atoms with Crippen molar-refractivity contribution in [3.8, 4) is 0 Å². The summed E-state index contributed by atoms with van der Waals surface area (Å²) < 4.78 is 27.7. The maximum atomic E-state index is 11.7. The number of halogens is 3. The Morgan fingerprint density at radius 2 is 2.00 bits per heavy atom. The van der Waals surface area contributed by atoms with Crippen LogP contribution in [0.1, 0.15) is 6.92 Å². The fourth-order valence-electron chi connectivity index (χ4n) is 0.442. The maximum Gasteiger partial charge on any atom is 0.327 e. The topological polar surface area (TPSA) is 43.4 Å². The largest absolute Gasteiger partial charge is 0.465 e. The molecule has 0 aliphatic rings. The summed E-state index contributed by atoms with van der Waals surface area (Å²) in [5.74, 6) is -2.46. The molecular formula is C6H7BrF2O3. The predicted molar refractivity (Wildman–Crippen MR) is 40.4 cm³/mol. The van der Waals surface area contributed by atoms with Crippen LogP contribution in [0.2, 0.25) is 0 Å². The van der Waals surface area contributed by atoms with Gasteiger partial charge >= 0.3 is 5.97 Å². The van der Waals surface area contributed by atoms with Gasteiger partial charge in [0.15, 0.2) is 4.83 Å². The molecule has 3 nitrogen and oxygen atoms in total. The first-order valence-corrected chi connectivity index (χ1v) is 4.04. The van der Waals surface area contributed by atoms with E-state index in [-0.39, 0.29) is 6.61 Å². The van der Waals surface area contributed by atoms with Crippen molar-refractivity contribution in [2.24, 2.45) is 0 Å². The molecule has 0 fully saturated rings. The number of ketones is 1. The van der Waals surface area contributed by atoms with Crippen molar-refractivity contribution in [1.82, 2.24) is 0 Å². The molecule has 0 N–H and O–H groups in total. The number of hydrogen-bond donors (Lipinski definition) is 0. The van der Waals surface area contributed by atoms with E-state index in [1.54, 1.807) is 0 Å². The molecule has 0 unspecified atom stereocenters. The molecule has 0 aliphatic heterocycles. The lowest BCUT2D eigenvalue weighted by molar-refractivity contribution is -0.146. The zero-order chi connectivity index (χ0) is 9.72. The molecule has 0 aromatic heterocycles. The van der Waals surface area contributed by atoms with Crippen molar-refractivity contribution in [3.63, 3.8) is 0 Å². The average Bonchev–Trinajstić information content (AvgIpc) is 2.02. The number of hydrogen-bond acceptors (Lipinski definition) is 3. The second kappa shape index (κ2) is 5.18. The maximum absolute atomic E-state index is 11.7. The average molecular weight is 245 g/mol. The van der Waals surface area contributed by atoms with Crippen molar-refractivity contribution >= 4 is 27.7 Å². The van der Waals surface area contributed by atoms with E-state index in [1.165, 1.54) is 6.92 Å². The summed E-state index contributed by atoms with van der Waals surface area (Å²) in [4.78, 5) is 19.6. The van der Waals surface area contributed by atoms with Crippen LogP contribution in [-0.2, 0) is 14.3 Å². The number of carbonyl (C=O) groups excluding carboxylic acids is 2. The minimum absolute atomic E-state index is 0.0530. The molecule has 0 saturated carbocycles. The molecule has 0 amide bonds. The molecule has 0 saturated heterocycles. The normalized spacial score (nSPS) is 12.8. The summed E-state index contributed by atoms with van der Waals surface area (Å²) in [5.41, 5.74) is 0. The molecule has 0 bridgehead atoms. The lowest BCUT2D eigenvalue weighted by Gasteiger charge is -2.06. The SMILES string of the molecule is CCOC(=O)[C@@H](Br)C(=O)C(F)F. The minimum Gasteiger partial charge on any atom is -0.465 e. The van der Waals surface area contributed by atoms with E-state index in [4.69, 9.17) is 0 Å². The van der Waals surface area contributed by atoms with Crippen LogP contribution < -0.4 is 0 Å². The van der Waals surface area contributed by atoms with Gasteiger partial charge in [0.2, 0.25) is 5.78 Å². The highest BCUT2D eigenvalue weighted by Gasteiger charge is 2.31. The highest BCUT2D eigenvalue weighted by atomic mass is 79.9. The predicted octanol–water partition coefficient (Wildman–Crippen LogP) is 1.15. The Balaban J connectivity index is 4.10. The highest BCUT2D eigenvalue weighted by Crippen LogP contribution is 2.09. The Hall–Kier alpha value is -0.520. The third kappa shape index (κ3) is 3.25. The van der Waals surface area contributed by atoms with E-state index in [1.807, 2.05) is 0 Å². The second-order valence-electron chi connectivity index (χ2n) is 1.82. The summed E-state index contributed by atoms with van der Waals surface area (Å²) in [6.07, 6.45) is -3.15. The number of ether oxygens (including phenoxy) is 1. The third-order valence-corrected chi connectivity index (χ3v) is 1.78.